The van der Waals surface area contributed by atoms with Crippen LogP contribution in [0.2, 0.25) is 0 Å². The minimum absolute atomic E-state index is 0.0271. The molecule has 0 aliphatic carbocycles. The summed E-state index contributed by atoms with van der Waals surface area (Å²) in [7, 11) is 5.40. The maximum Gasteiger partial charge on any atom is 0.294 e. The summed E-state index contributed by atoms with van der Waals surface area (Å²) >= 11 is 0. The van der Waals surface area contributed by atoms with Gasteiger partial charge in [-0.15, -0.1) is 0 Å². The topological polar surface area (TPSA) is 111 Å². The van der Waals surface area contributed by atoms with Crippen LogP contribution in [-0.2, 0) is 17.9 Å². The van der Waals surface area contributed by atoms with Gasteiger partial charge in [0.2, 0.25) is 5.95 Å². The van der Waals surface area contributed by atoms with Crippen molar-refractivity contribution in [1.29, 1.82) is 0 Å². The van der Waals surface area contributed by atoms with Crippen molar-refractivity contribution >= 4 is 33.9 Å². The van der Waals surface area contributed by atoms with E-state index >= 15 is 0 Å². The van der Waals surface area contributed by atoms with E-state index in [4.69, 9.17) is 14.5 Å². The number of benzene rings is 2. The number of methoxy groups -OCH3 is 1. The number of ether oxygens (including phenoxy) is 2. The molecule has 11 heteroatoms. The molecule has 5 rings (SSSR count). The standard InChI is InChI=1S/C28H33N7O4/c1-5-32(2)12-13-33(3)23-17-26(38-4)21(16-24(23)35(36)37)31-28-29-11-10-20(30-28)27-19-8-6-7-9-22(19)34-14-15-39-18-25(27)34/h6-11,16-17H,5,12-15,18H2,1-4H3,(H,29,30,31). The SMILES string of the molecule is CCN(C)CCN(C)c1cc(OC)c(Nc2nccc(-c3c4n(c5ccccc35)CCOC4)n2)cc1[N+](=O)[O-]. The first kappa shape index (κ1) is 26.4. The van der Waals surface area contributed by atoms with E-state index in [0.717, 1.165) is 47.5 Å². The Morgan fingerprint density at radius 1 is 1.21 bits per heavy atom. The van der Waals surface area contributed by atoms with E-state index in [1.165, 1.54) is 13.2 Å². The second-order valence-electron chi connectivity index (χ2n) is 9.55. The first-order valence-electron chi connectivity index (χ1n) is 13.0. The van der Waals surface area contributed by atoms with E-state index in [1.54, 1.807) is 12.3 Å². The highest BCUT2D eigenvalue weighted by atomic mass is 16.6. The van der Waals surface area contributed by atoms with Gasteiger partial charge in [0.05, 0.1) is 42.3 Å². The average molecular weight is 532 g/mol. The van der Waals surface area contributed by atoms with Crippen molar-refractivity contribution in [3.63, 3.8) is 0 Å². The second-order valence-corrected chi connectivity index (χ2v) is 9.55. The number of aromatic nitrogens is 3. The van der Waals surface area contributed by atoms with Gasteiger partial charge in [-0.25, -0.2) is 9.97 Å². The minimum Gasteiger partial charge on any atom is -0.494 e. The molecule has 0 unspecified atom stereocenters. The van der Waals surface area contributed by atoms with Crippen LogP contribution in [0.15, 0.2) is 48.7 Å². The van der Waals surface area contributed by atoms with E-state index in [1.807, 2.05) is 37.2 Å². The Labute approximate surface area is 227 Å². The molecule has 0 atom stereocenters. The number of rotatable bonds is 10. The summed E-state index contributed by atoms with van der Waals surface area (Å²) in [5, 5.41) is 16.3. The lowest BCUT2D eigenvalue weighted by atomic mass is 10.1. The molecule has 11 nitrogen and oxygen atoms in total. The van der Waals surface area contributed by atoms with Crippen LogP contribution in [0.1, 0.15) is 12.6 Å². The molecule has 3 heterocycles. The molecule has 1 aliphatic heterocycles. The Hall–Kier alpha value is -4.22. The summed E-state index contributed by atoms with van der Waals surface area (Å²) in [6.07, 6.45) is 1.68. The highest BCUT2D eigenvalue weighted by Crippen LogP contribution is 2.40. The molecular formula is C28H33N7O4. The van der Waals surface area contributed by atoms with Crippen molar-refractivity contribution in [2.24, 2.45) is 0 Å². The van der Waals surface area contributed by atoms with E-state index in [2.05, 4.69) is 38.8 Å². The maximum absolute atomic E-state index is 12.0. The Bertz CT molecular complexity index is 1500. The van der Waals surface area contributed by atoms with Gasteiger partial charge in [0.1, 0.15) is 11.4 Å². The monoisotopic (exact) mass is 531 g/mol. The molecule has 1 aliphatic rings. The number of hydrogen-bond donors (Lipinski definition) is 1. The van der Waals surface area contributed by atoms with Crippen LogP contribution in [0, 0.1) is 10.1 Å². The van der Waals surface area contributed by atoms with Crippen molar-refractivity contribution in [2.75, 3.05) is 57.7 Å². The van der Waals surface area contributed by atoms with Crippen LogP contribution in [0.3, 0.4) is 0 Å². The zero-order valence-corrected chi connectivity index (χ0v) is 22.7. The Kier molecular flexibility index (Phi) is 7.62. The summed E-state index contributed by atoms with van der Waals surface area (Å²) in [5.74, 6) is 0.770. The number of nitro groups is 1. The lowest BCUT2D eigenvalue weighted by Gasteiger charge is -2.23. The second kappa shape index (κ2) is 11.3. The lowest BCUT2D eigenvalue weighted by Crippen LogP contribution is -2.31. The van der Waals surface area contributed by atoms with Crippen molar-refractivity contribution in [1.82, 2.24) is 19.4 Å². The Morgan fingerprint density at radius 2 is 2.03 bits per heavy atom. The van der Waals surface area contributed by atoms with Gasteiger partial charge in [0, 0.05) is 61.5 Å². The lowest BCUT2D eigenvalue weighted by molar-refractivity contribution is -0.384. The first-order chi connectivity index (χ1) is 18.9. The fraction of sp³-hybridized carbons (Fsp3) is 0.357. The molecule has 2 aromatic heterocycles. The van der Waals surface area contributed by atoms with E-state index in [9.17, 15) is 10.1 Å². The molecule has 4 aromatic rings. The largest absolute Gasteiger partial charge is 0.494 e. The molecule has 1 N–H and O–H groups in total. The van der Waals surface area contributed by atoms with Gasteiger partial charge < -0.3 is 29.2 Å². The van der Waals surface area contributed by atoms with Crippen LogP contribution < -0.4 is 15.0 Å². The highest BCUT2D eigenvalue weighted by molar-refractivity contribution is 5.97. The van der Waals surface area contributed by atoms with Gasteiger partial charge in [-0.2, -0.15) is 0 Å². The predicted molar refractivity (Wildman–Crippen MR) is 152 cm³/mol. The molecule has 2 aromatic carbocycles. The van der Waals surface area contributed by atoms with Gasteiger partial charge in [-0.3, -0.25) is 10.1 Å². The van der Waals surface area contributed by atoms with Crippen molar-refractivity contribution in [2.45, 2.75) is 20.1 Å². The van der Waals surface area contributed by atoms with Crippen LogP contribution in [-0.4, -0.2) is 71.8 Å². The number of likely N-dealkylation sites (N-methyl/N-ethyl adjacent to an activating group) is 2. The molecule has 0 saturated carbocycles. The summed E-state index contributed by atoms with van der Waals surface area (Å²) in [4.78, 5) is 24.9. The van der Waals surface area contributed by atoms with E-state index in [-0.39, 0.29) is 10.6 Å². The molecule has 0 fully saturated rings. The highest BCUT2D eigenvalue weighted by Gasteiger charge is 2.24. The number of nitro benzene ring substituents is 1. The number of nitrogens with zero attached hydrogens (tertiary/aromatic N) is 6. The molecule has 39 heavy (non-hydrogen) atoms. The summed E-state index contributed by atoms with van der Waals surface area (Å²) in [5.41, 5.74) is 4.82. The third-order valence-electron chi connectivity index (χ3n) is 7.20. The van der Waals surface area contributed by atoms with Gasteiger partial charge in [0.15, 0.2) is 0 Å². The number of nitrogens with one attached hydrogen (secondary N) is 1. The summed E-state index contributed by atoms with van der Waals surface area (Å²) in [6, 6.07) is 13.3. The van der Waals surface area contributed by atoms with Gasteiger partial charge in [0.25, 0.3) is 5.69 Å². The molecule has 0 spiro atoms. The third kappa shape index (κ3) is 5.23. The third-order valence-corrected chi connectivity index (χ3v) is 7.20. The van der Waals surface area contributed by atoms with Crippen LogP contribution in [0.4, 0.5) is 23.0 Å². The maximum atomic E-state index is 12.0. The van der Waals surface area contributed by atoms with Crippen LogP contribution in [0.5, 0.6) is 5.75 Å². The van der Waals surface area contributed by atoms with Gasteiger partial charge in [-0.1, -0.05) is 25.1 Å². The van der Waals surface area contributed by atoms with Crippen LogP contribution in [0.25, 0.3) is 22.2 Å². The van der Waals surface area contributed by atoms with E-state index < -0.39 is 0 Å². The first-order valence-corrected chi connectivity index (χ1v) is 13.0. The zero-order valence-electron chi connectivity index (χ0n) is 22.7. The predicted octanol–water partition coefficient (Wildman–Crippen LogP) is 4.68. The smallest absolute Gasteiger partial charge is 0.294 e. The zero-order chi connectivity index (χ0) is 27.5. The number of fused-ring (bicyclic) bond motifs is 3. The molecule has 204 valence electrons. The minimum atomic E-state index is -0.378. The van der Waals surface area contributed by atoms with Crippen molar-refractivity contribution in [3.8, 4) is 17.0 Å². The Morgan fingerprint density at radius 3 is 2.79 bits per heavy atom. The molecule has 0 bridgehead atoms. The summed E-state index contributed by atoms with van der Waals surface area (Å²) < 4.78 is 13.7. The molecule has 0 radical (unpaired) electrons. The average Bonchev–Trinajstić information content (AvgIpc) is 3.30. The van der Waals surface area contributed by atoms with Crippen molar-refractivity contribution in [3.05, 3.63) is 64.5 Å². The van der Waals surface area contributed by atoms with Crippen molar-refractivity contribution < 1.29 is 14.4 Å². The van der Waals surface area contributed by atoms with Gasteiger partial charge in [-0.05, 0) is 25.7 Å². The summed E-state index contributed by atoms with van der Waals surface area (Å²) in [6.45, 7) is 6.33. The number of hydrogen-bond acceptors (Lipinski definition) is 9. The molecule has 0 saturated heterocycles. The molecule has 0 amide bonds. The Balaban J connectivity index is 1.50. The molecular weight excluding hydrogens is 498 g/mol. The normalized spacial score (nSPS) is 12.9. The number of anilines is 3. The number of para-hydroxylation sites is 1. The fourth-order valence-corrected chi connectivity index (χ4v) is 4.93. The van der Waals surface area contributed by atoms with Crippen LogP contribution >= 0.6 is 0 Å². The van der Waals surface area contributed by atoms with Gasteiger partial charge >= 0.3 is 0 Å². The van der Waals surface area contributed by atoms with E-state index in [0.29, 0.717) is 42.8 Å². The quantitative estimate of drug-likeness (QED) is 0.230. The fourth-order valence-electron chi connectivity index (χ4n) is 4.93.